The molecule has 1 aromatic rings. The minimum absolute atomic E-state index is 0.182. The van der Waals surface area contributed by atoms with Gasteiger partial charge in [-0.3, -0.25) is 4.79 Å². The smallest absolute Gasteiger partial charge is 0.227 e. The lowest BCUT2D eigenvalue weighted by molar-refractivity contribution is -0.131. The van der Waals surface area contributed by atoms with E-state index in [0.29, 0.717) is 6.42 Å². The molecule has 2 rings (SSSR count). The third-order valence-corrected chi connectivity index (χ3v) is 4.01. The standard InChI is InChI=1S/C11H15ClN2OS/c12-10-5-8(7-16-10)6-11(15)14-3-1-9(13)2-4-14/h5,7,9H,1-4,6,13H2. The van der Waals surface area contributed by atoms with Crippen LogP contribution >= 0.6 is 22.9 Å². The van der Waals surface area contributed by atoms with E-state index in [-0.39, 0.29) is 11.9 Å². The van der Waals surface area contributed by atoms with Gasteiger partial charge in [0.15, 0.2) is 0 Å². The second kappa shape index (κ2) is 5.17. The summed E-state index contributed by atoms with van der Waals surface area (Å²) in [7, 11) is 0. The van der Waals surface area contributed by atoms with E-state index in [2.05, 4.69) is 0 Å². The molecule has 0 saturated carbocycles. The van der Waals surface area contributed by atoms with Gasteiger partial charge >= 0.3 is 0 Å². The molecule has 1 saturated heterocycles. The number of carbonyl (C=O) groups is 1. The highest BCUT2D eigenvalue weighted by molar-refractivity contribution is 7.14. The van der Waals surface area contributed by atoms with E-state index in [4.69, 9.17) is 17.3 Å². The van der Waals surface area contributed by atoms with Gasteiger partial charge in [-0.2, -0.15) is 0 Å². The van der Waals surface area contributed by atoms with Crippen LogP contribution in [0.4, 0.5) is 0 Å². The number of thiophene rings is 1. The first-order valence-electron chi connectivity index (χ1n) is 5.41. The van der Waals surface area contributed by atoms with E-state index in [1.54, 1.807) is 0 Å². The molecule has 0 atom stereocenters. The van der Waals surface area contributed by atoms with Crippen LogP contribution in [0.25, 0.3) is 0 Å². The highest BCUT2D eigenvalue weighted by Gasteiger charge is 2.20. The summed E-state index contributed by atoms with van der Waals surface area (Å²) >= 11 is 7.29. The second-order valence-electron chi connectivity index (χ2n) is 4.15. The van der Waals surface area contributed by atoms with Crippen LogP contribution in [0.15, 0.2) is 11.4 Å². The number of halogens is 1. The van der Waals surface area contributed by atoms with Gasteiger partial charge in [0.05, 0.1) is 10.8 Å². The van der Waals surface area contributed by atoms with Gasteiger partial charge in [-0.05, 0) is 29.9 Å². The average Bonchev–Trinajstić information content (AvgIpc) is 2.65. The van der Waals surface area contributed by atoms with Gasteiger partial charge in [-0.25, -0.2) is 0 Å². The molecule has 16 heavy (non-hydrogen) atoms. The van der Waals surface area contributed by atoms with E-state index in [1.807, 2.05) is 16.3 Å². The van der Waals surface area contributed by atoms with Gasteiger partial charge in [0.2, 0.25) is 5.91 Å². The Hall–Kier alpha value is -0.580. The summed E-state index contributed by atoms with van der Waals surface area (Å²) in [5, 5.41) is 1.94. The molecule has 1 aliphatic rings. The van der Waals surface area contributed by atoms with Gasteiger partial charge in [0.1, 0.15) is 0 Å². The van der Waals surface area contributed by atoms with Gasteiger partial charge < -0.3 is 10.6 Å². The molecule has 2 heterocycles. The predicted molar refractivity (Wildman–Crippen MR) is 66.8 cm³/mol. The maximum absolute atomic E-state index is 11.9. The third-order valence-electron chi connectivity index (χ3n) is 2.87. The summed E-state index contributed by atoms with van der Waals surface area (Å²) in [5.41, 5.74) is 6.81. The van der Waals surface area contributed by atoms with E-state index >= 15 is 0 Å². The summed E-state index contributed by atoms with van der Waals surface area (Å²) < 4.78 is 0.739. The van der Waals surface area contributed by atoms with Crippen molar-refractivity contribution in [3.05, 3.63) is 21.3 Å². The maximum atomic E-state index is 11.9. The van der Waals surface area contributed by atoms with Crippen LogP contribution in [0.1, 0.15) is 18.4 Å². The molecule has 1 amide bonds. The molecule has 0 aliphatic carbocycles. The van der Waals surface area contributed by atoms with Crippen LogP contribution in [-0.4, -0.2) is 29.9 Å². The Balaban J connectivity index is 1.88. The number of hydrogen-bond acceptors (Lipinski definition) is 3. The Bertz CT molecular complexity index is 372. The monoisotopic (exact) mass is 258 g/mol. The van der Waals surface area contributed by atoms with Gasteiger partial charge in [0, 0.05) is 19.1 Å². The highest BCUT2D eigenvalue weighted by Crippen LogP contribution is 2.21. The molecule has 2 N–H and O–H groups in total. The lowest BCUT2D eigenvalue weighted by atomic mass is 10.1. The van der Waals surface area contributed by atoms with Crippen LogP contribution in [-0.2, 0) is 11.2 Å². The van der Waals surface area contributed by atoms with Crippen LogP contribution < -0.4 is 5.73 Å². The van der Waals surface area contributed by atoms with Crippen molar-refractivity contribution in [1.29, 1.82) is 0 Å². The van der Waals surface area contributed by atoms with Crippen molar-refractivity contribution in [2.24, 2.45) is 5.73 Å². The molecule has 88 valence electrons. The van der Waals surface area contributed by atoms with Crippen molar-refractivity contribution in [3.8, 4) is 0 Å². The van der Waals surface area contributed by atoms with Crippen molar-refractivity contribution >= 4 is 28.8 Å². The van der Waals surface area contributed by atoms with Gasteiger partial charge in [0.25, 0.3) is 0 Å². The number of hydrogen-bond donors (Lipinski definition) is 1. The highest BCUT2D eigenvalue weighted by atomic mass is 35.5. The summed E-state index contributed by atoms with van der Waals surface area (Å²) in [6.45, 7) is 1.58. The molecule has 1 aromatic heterocycles. The third kappa shape index (κ3) is 2.97. The second-order valence-corrected chi connectivity index (χ2v) is 5.70. The number of rotatable bonds is 2. The summed E-state index contributed by atoms with van der Waals surface area (Å²) in [6, 6.07) is 2.12. The number of carbonyl (C=O) groups excluding carboxylic acids is 1. The molecule has 1 fully saturated rings. The topological polar surface area (TPSA) is 46.3 Å². The van der Waals surface area contributed by atoms with Crippen molar-refractivity contribution in [2.75, 3.05) is 13.1 Å². The SMILES string of the molecule is NC1CCN(C(=O)Cc2csc(Cl)c2)CC1. The zero-order chi connectivity index (χ0) is 11.5. The van der Waals surface area contributed by atoms with Crippen molar-refractivity contribution in [1.82, 2.24) is 4.90 Å². The van der Waals surface area contributed by atoms with Gasteiger partial charge in [-0.1, -0.05) is 11.6 Å². The zero-order valence-corrected chi connectivity index (χ0v) is 10.6. The lowest BCUT2D eigenvalue weighted by Crippen LogP contribution is -2.43. The molecule has 0 radical (unpaired) electrons. The fraction of sp³-hybridized carbons (Fsp3) is 0.545. The van der Waals surface area contributed by atoms with E-state index in [9.17, 15) is 4.79 Å². The predicted octanol–water partition coefficient (Wildman–Crippen LogP) is 1.89. The fourth-order valence-corrected chi connectivity index (χ4v) is 2.78. The molecule has 0 unspecified atom stereocenters. The number of nitrogens with two attached hydrogens (primary N) is 1. The lowest BCUT2D eigenvalue weighted by Gasteiger charge is -2.30. The quantitative estimate of drug-likeness (QED) is 0.881. The number of amides is 1. The van der Waals surface area contributed by atoms with Crippen molar-refractivity contribution in [3.63, 3.8) is 0 Å². The molecular weight excluding hydrogens is 244 g/mol. The zero-order valence-electron chi connectivity index (χ0n) is 8.99. The Kier molecular flexibility index (Phi) is 3.84. The summed E-state index contributed by atoms with van der Waals surface area (Å²) in [6.07, 6.45) is 2.28. The molecule has 1 aliphatic heterocycles. The average molecular weight is 259 g/mol. The summed E-state index contributed by atoms with van der Waals surface area (Å²) in [5.74, 6) is 0.182. The van der Waals surface area contributed by atoms with Crippen molar-refractivity contribution in [2.45, 2.75) is 25.3 Å². The first-order valence-corrected chi connectivity index (χ1v) is 6.67. The van der Waals surface area contributed by atoms with E-state index < -0.39 is 0 Å². The van der Waals surface area contributed by atoms with Crippen molar-refractivity contribution < 1.29 is 4.79 Å². The van der Waals surface area contributed by atoms with Crippen LogP contribution in [0.2, 0.25) is 4.34 Å². The normalized spacial score (nSPS) is 17.8. The number of nitrogens with zero attached hydrogens (tertiary/aromatic N) is 1. The Labute approximate surface area is 104 Å². The van der Waals surface area contributed by atoms with E-state index in [1.165, 1.54) is 11.3 Å². The molecule has 0 spiro atoms. The van der Waals surface area contributed by atoms with Gasteiger partial charge in [-0.15, -0.1) is 11.3 Å². The minimum Gasteiger partial charge on any atom is -0.342 e. The molecule has 0 bridgehead atoms. The molecule has 3 nitrogen and oxygen atoms in total. The van der Waals surface area contributed by atoms with Crippen LogP contribution in [0, 0.1) is 0 Å². The molecule has 0 aromatic carbocycles. The fourth-order valence-electron chi connectivity index (χ4n) is 1.87. The first kappa shape index (κ1) is 11.9. The molecule has 5 heteroatoms. The van der Waals surface area contributed by atoms with Crippen LogP contribution in [0.5, 0.6) is 0 Å². The summed E-state index contributed by atoms with van der Waals surface area (Å²) in [4.78, 5) is 13.8. The number of likely N-dealkylation sites (tertiary alicyclic amines) is 1. The van der Waals surface area contributed by atoms with Crippen LogP contribution in [0.3, 0.4) is 0 Å². The minimum atomic E-state index is 0.182. The Morgan fingerprint density at radius 1 is 1.56 bits per heavy atom. The first-order chi connectivity index (χ1) is 7.65. The molecular formula is C11H15ClN2OS. The Morgan fingerprint density at radius 2 is 2.25 bits per heavy atom. The Morgan fingerprint density at radius 3 is 2.81 bits per heavy atom. The number of piperidine rings is 1. The maximum Gasteiger partial charge on any atom is 0.227 e. The largest absolute Gasteiger partial charge is 0.342 e. The van der Waals surface area contributed by atoms with E-state index in [0.717, 1.165) is 35.8 Å².